The van der Waals surface area contributed by atoms with E-state index in [0.717, 1.165) is 38.1 Å². The van der Waals surface area contributed by atoms with Crippen LogP contribution in [-0.4, -0.2) is 64.3 Å². The quantitative estimate of drug-likeness (QED) is 0.445. The minimum Gasteiger partial charge on any atom is -0.494 e. The number of likely N-dealkylation sites (tertiary alicyclic amines) is 1. The van der Waals surface area contributed by atoms with Crippen LogP contribution in [0, 0.1) is 0 Å². The summed E-state index contributed by atoms with van der Waals surface area (Å²) < 4.78 is 11.6. The minimum absolute atomic E-state index is 0.165. The van der Waals surface area contributed by atoms with E-state index in [2.05, 4.69) is 38.6 Å². The number of hydrogen-bond acceptors (Lipinski definition) is 7. The molecule has 0 bridgehead atoms. The third kappa shape index (κ3) is 8.47. The number of piperidine rings is 1. The van der Waals surface area contributed by atoms with Crippen LogP contribution in [0.15, 0.2) is 30.6 Å². The Morgan fingerprint density at radius 2 is 2.00 bits per heavy atom. The van der Waals surface area contributed by atoms with Crippen molar-refractivity contribution in [2.45, 2.75) is 58.1 Å². The van der Waals surface area contributed by atoms with Crippen LogP contribution in [0.1, 0.15) is 62.9 Å². The van der Waals surface area contributed by atoms with Crippen LogP contribution in [0.3, 0.4) is 0 Å². The molecule has 0 spiro atoms. The molecule has 2 aromatic rings. The SMILES string of the molecule is CC(OCCCCO)c1ncn(NCCCOc2cccc(CN3CCCCC3)c2)n1. The molecule has 31 heavy (non-hydrogen) atoms. The van der Waals surface area contributed by atoms with E-state index < -0.39 is 0 Å². The number of aliphatic hydroxyl groups excluding tert-OH is 1. The molecule has 2 N–H and O–H groups in total. The number of ether oxygens (including phenoxy) is 2. The lowest BCUT2D eigenvalue weighted by Gasteiger charge is -2.26. The molecule has 1 fully saturated rings. The first-order valence-electron chi connectivity index (χ1n) is 11.6. The van der Waals surface area contributed by atoms with Crippen molar-refractivity contribution in [2.24, 2.45) is 0 Å². The van der Waals surface area contributed by atoms with Gasteiger partial charge in [0, 0.05) is 32.7 Å². The zero-order valence-electron chi connectivity index (χ0n) is 18.7. The van der Waals surface area contributed by atoms with Gasteiger partial charge in [0.15, 0.2) is 5.82 Å². The lowest BCUT2D eigenvalue weighted by molar-refractivity contribution is 0.0548. The Labute approximate surface area is 185 Å². The molecule has 0 aliphatic carbocycles. The molecule has 0 radical (unpaired) electrons. The second kappa shape index (κ2) is 13.3. The van der Waals surface area contributed by atoms with E-state index in [-0.39, 0.29) is 12.7 Å². The number of nitrogens with one attached hydrogen (secondary N) is 1. The lowest BCUT2D eigenvalue weighted by Crippen LogP contribution is -2.29. The second-order valence-electron chi connectivity index (χ2n) is 8.09. The van der Waals surface area contributed by atoms with Crippen LogP contribution in [0.5, 0.6) is 5.75 Å². The van der Waals surface area contributed by atoms with Crippen molar-refractivity contribution >= 4 is 0 Å². The van der Waals surface area contributed by atoms with Crippen molar-refractivity contribution in [1.29, 1.82) is 0 Å². The highest BCUT2D eigenvalue weighted by Crippen LogP contribution is 2.18. The molecule has 1 unspecified atom stereocenters. The summed E-state index contributed by atoms with van der Waals surface area (Å²) >= 11 is 0. The topological polar surface area (TPSA) is 84.7 Å². The fraction of sp³-hybridized carbons (Fsp3) is 0.652. The summed E-state index contributed by atoms with van der Waals surface area (Å²) in [5, 5.41) is 13.2. The van der Waals surface area contributed by atoms with E-state index in [0.29, 0.717) is 19.0 Å². The molecule has 1 aliphatic heterocycles. The fourth-order valence-corrected chi connectivity index (χ4v) is 3.65. The first kappa shape index (κ1) is 23.5. The maximum absolute atomic E-state index is 8.81. The lowest BCUT2D eigenvalue weighted by atomic mass is 10.1. The maximum atomic E-state index is 8.81. The summed E-state index contributed by atoms with van der Waals surface area (Å²) in [6, 6.07) is 8.45. The summed E-state index contributed by atoms with van der Waals surface area (Å²) in [4.78, 5) is 8.45. The maximum Gasteiger partial charge on any atom is 0.181 e. The van der Waals surface area contributed by atoms with Gasteiger partial charge in [-0.3, -0.25) is 4.90 Å². The normalized spacial score (nSPS) is 15.7. The Morgan fingerprint density at radius 3 is 2.84 bits per heavy atom. The summed E-state index contributed by atoms with van der Waals surface area (Å²) in [7, 11) is 0. The summed E-state index contributed by atoms with van der Waals surface area (Å²) in [5.74, 6) is 1.59. The van der Waals surface area contributed by atoms with Gasteiger partial charge in [0.1, 0.15) is 18.2 Å². The van der Waals surface area contributed by atoms with Gasteiger partial charge in [0.25, 0.3) is 0 Å². The average molecular weight is 432 g/mol. The number of nitrogens with zero attached hydrogens (tertiary/aromatic N) is 4. The highest BCUT2D eigenvalue weighted by molar-refractivity contribution is 5.28. The van der Waals surface area contributed by atoms with Crippen molar-refractivity contribution < 1.29 is 14.6 Å². The second-order valence-corrected chi connectivity index (χ2v) is 8.09. The van der Waals surface area contributed by atoms with Crippen molar-refractivity contribution in [2.75, 3.05) is 44.9 Å². The van der Waals surface area contributed by atoms with Gasteiger partial charge in [-0.1, -0.05) is 18.6 Å². The van der Waals surface area contributed by atoms with Crippen molar-refractivity contribution in [3.8, 4) is 5.75 Å². The van der Waals surface area contributed by atoms with Crippen LogP contribution in [0.2, 0.25) is 0 Å². The number of benzene rings is 1. The van der Waals surface area contributed by atoms with Gasteiger partial charge in [-0.25, -0.2) is 4.98 Å². The van der Waals surface area contributed by atoms with Gasteiger partial charge >= 0.3 is 0 Å². The van der Waals surface area contributed by atoms with E-state index in [9.17, 15) is 0 Å². The van der Waals surface area contributed by atoms with Gasteiger partial charge in [-0.15, -0.1) is 5.10 Å². The predicted octanol–water partition coefficient (Wildman–Crippen LogP) is 3.13. The Bertz CT molecular complexity index is 748. The number of rotatable bonds is 14. The summed E-state index contributed by atoms with van der Waals surface area (Å²) in [6.07, 6.45) is 7.93. The molecule has 1 saturated heterocycles. The Hall–Kier alpha value is -2.16. The van der Waals surface area contributed by atoms with Crippen LogP contribution in [-0.2, 0) is 11.3 Å². The van der Waals surface area contributed by atoms with E-state index in [1.807, 2.05) is 13.0 Å². The molecule has 1 aromatic carbocycles. The number of aromatic nitrogens is 3. The highest BCUT2D eigenvalue weighted by atomic mass is 16.5. The summed E-state index contributed by atoms with van der Waals surface area (Å²) in [5.41, 5.74) is 4.54. The fourth-order valence-electron chi connectivity index (χ4n) is 3.65. The molecule has 2 heterocycles. The average Bonchev–Trinajstić information content (AvgIpc) is 3.26. The molecular formula is C23H37N5O3. The van der Waals surface area contributed by atoms with Gasteiger partial charge in [-0.05, 0) is 63.4 Å². The highest BCUT2D eigenvalue weighted by Gasteiger charge is 2.12. The molecular weight excluding hydrogens is 394 g/mol. The zero-order valence-corrected chi connectivity index (χ0v) is 18.7. The Morgan fingerprint density at radius 1 is 1.13 bits per heavy atom. The molecule has 1 atom stereocenters. The van der Waals surface area contributed by atoms with Crippen LogP contribution < -0.4 is 10.2 Å². The van der Waals surface area contributed by atoms with E-state index in [4.69, 9.17) is 14.6 Å². The molecule has 0 saturated carbocycles. The first-order chi connectivity index (χ1) is 15.2. The van der Waals surface area contributed by atoms with Gasteiger partial charge < -0.3 is 20.0 Å². The van der Waals surface area contributed by atoms with Crippen molar-refractivity contribution in [3.05, 3.63) is 42.0 Å². The Balaban J connectivity index is 1.31. The van der Waals surface area contributed by atoms with E-state index in [1.54, 1.807) is 11.1 Å². The smallest absolute Gasteiger partial charge is 0.181 e. The third-order valence-electron chi connectivity index (χ3n) is 5.41. The van der Waals surface area contributed by atoms with E-state index >= 15 is 0 Å². The molecule has 1 aromatic heterocycles. The molecule has 3 rings (SSSR count). The monoisotopic (exact) mass is 431 g/mol. The van der Waals surface area contributed by atoms with Gasteiger partial charge in [0.2, 0.25) is 0 Å². The minimum atomic E-state index is -0.165. The van der Waals surface area contributed by atoms with Crippen LogP contribution >= 0.6 is 0 Å². The number of unbranched alkanes of at least 4 members (excludes halogenated alkanes) is 1. The van der Waals surface area contributed by atoms with Crippen LogP contribution in [0.4, 0.5) is 0 Å². The number of aliphatic hydroxyl groups is 1. The molecule has 8 nitrogen and oxygen atoms in total. The molecule has 0 amide bonds. The standard InChI is InChI=1S/C23H37N5O3/c1-20(30-15-6-5-14-29)23-24-19-28(26-23)25-11-8-16-31-22-10-7-9-21(17-22)18-27-12-3-2-4-13-27/h7,9-10,17,19-20,25,29H,2-6,8,11-16,18H2,1H3. The van der Waals surface area contributed by atoms with Crippen molar-refractivity contribution in [3.63, 3.8) is 0 Å². The third-order valence-corrected chi connectivity index (χ3v) is 5.41. The van der Waals surface area contributed by atoms with Gasteiger partial charge in [0.05, 0.1) is 6.61 Å². The van der Waals surface area contributed by atoms with Crippen LogP contribution in [0.25, 0.3) is 0 Å². The Kier molecular flexibility index (Phi) is 10.1. The molecule has 8 heteroatoms. The first-order valence-corrected chi connectivity index (χ1v) is 11.6. The molecule has 172 valence electrons. The number of hydrogen-bond donors (Lipinski definition) is 2. The predicted molar refractivity (Wildman–Crippen MR) is 121 cm³/mol. The summed E-state index contributed by atoms with van der Waals surface area (Å²) in [6.45, 7) is 7.53. The largest absolute Gasteiger partial charge is 0.494 e. The molecule has 1 aliphatic rings. The van der Waals surface area contributed by atoms with E-state index in [1.165, 1.54) is 37.9 Å². The van der Waals surface area contributed by atoms with Crippen molar-refractivity contribution in [1.82, 2.24) is 19.8 Å². The zero-order chi connectivity index (χ0) is 21.7. The van der Waals surface area contributed by atoms with Gasteiger partial charge in [-0.2, -0.15) is 4.79 Å².